The summed E-state index contributed by atoms with van der Waals surface area (Å²) in [7, 11) is 1.64. The summed E-state index contributed by atoms with van der Waals surface area (Å²) in [6.07, 6.45) is 3.36. The van der Waals surface area contributed by atoms with Crippen molar-refractivity contribution in [1.29, 1.82) is 0 Å². The lowest BCUT2D eigenvalue weighted by Crippen LogP contribution is -2.47. The van der Waals surface area contributed by atoms with Crippen LogP contribution in [0.2, 0.25) is 0 Å². The van der Waals surface area contributed by atoms with Crippen LogP contribution < -0.4 is 5.32 Å². The van der Waals surface area contributed by atoms with Crippen LogP contribution in [0.15, 0.2) is 0 Å². The number of fused-ring (bicyclic) bond motifs is 1. The minimum absolute atomic E-state index is 0.00978. The molecule has 2 aliphatic rings. The van der Waals surface area contributed by atoms with Gasteiger partial charge in [-0.2, -0.15) is 0 Å². The highest BCUT2D eigenvalue weighted by Gasteiger charge is 2.38. The molecule has 2 N–H and O–H groups in total. The lowest BCUT2D eigenvalue weighted by atomic mass is 10.1. The van der Waals surface area contributed by atoms with Gasteiger partial charge < -0.3 is 15.3 Å². The smallest absolute Gasteiger partial charge is 0.317 e. The first-order valence-corrected chi connectivity index (χ1v) is 6.55. The quantitative estimate of drug-likeness (QED) is 0.760. The molecule has 2 heterocycles. The van der Waals surface area contributed by atoms with Gasteiger partial charge in [0.1, 0.15) is 0 Å². The van der Waals surface area contributed by atoms with Crippen LogP contribution in [0.5, 0.6) is 0 Å². The number of carboxylic acid groups (broad SMARTS) is 1. The van der Waals surface area contributed by atoms with Crippen molar-refractivity contribution in [3.8, 4) is 0 Å². The first-order valence-electron chi connectivity index (χ1n) is 6.55. The van der Waals surface area contributed by atoms with Gasteiger partial charge in [0.25, 0.3) is 0 Å². The first kappa shape index (κ1) is 13.1. The molecule has 2 atom stereocenters. The number of carboxylic acids is 1. The van der Waals surface area contributed by atoms with Crippen molar-refractivity contribution >= 4 is 12.0 Å². The molecule has 6 heteroatoms. The fourth-order valence-corrected chi connectivity index (χ4v) is 2.88. The standard InChI is InChI=1S/C12H21N3O3/c1-14(7-5-11(16)17)12(18)13-9-4-8-15-6-2-3-10(9)15/h9-10H,2-8H2,1H3,(H,13,18)(H,16,17). The van der Waals surface area contributed by atoms with E-state index in [1.165, 1.54) is 11.3 Å². The highest BCUT2D eigenvalue weighted by molar-refractivity contribution is 5.75. The van der Waals surface area contributed by atoms with Crippen molar-refractivity contribution in [3.05, 3.63) is 0 Å². The van der Waals surface area contributed by atoms with Crippen LogP contribution in [0.3, 0.4) is 0 Å². The summed E-state index contributed by atoms with van der Waals surface area (Å²) in [5.41, 5.74) is 0. The van der Waals surface area contributed by atoms with Crippen LogP contribution in [0.4, 0.5) is 4.79 Å². The van der Waals surface area contributed by atoms with Crippen LogP contribution in [0.1, 0.15) is 25.7 Å². The van der Waals surface area contributed by atoms with Crippen molar-refractivity contribution in [2.45, 2.75) is 37.8 Å². The number of amides is 2. The summed E-state index contributed by atoms with van der Waals surface area (Å²) in [5, 5.41) is 11.6. The van der Waals surface area contributed by atoms with Crippen LogP contribution in [-0.2, 0) is 4.79 Å². The Morgan fingerprint density at radius 2 is 2.17 bits per heavy atom. The third kappa shape index (κ3) is 2.93. The first-order chi connectivity index (χ1) is 8.58. The Bertz CT molecular complexity index is 335. The van der Waals surface area contributed by atoms with E-state index in [-0.39, 0.29) is 25.0 Å². The number of carbonyl (C=O) groups excluding carboxylic acids is 1. The van der Waals surface area contributed by atoms with E-state index in [9.17, 15) is 9.59 Å². The second kappa shape index (κ2) is 5.56. The predicted molar refractivity (Wildman–Crippen MR) is 66.4 cm³/mol. The number of carbonyl (C=O) groups is 2. The van der Waals surface area contributed by atoms with Crippen LogP contribution in [-0.4, -0.2) is 65.7 Å². The molecule has 2 aliphatic heterocycles. The molecule has 0 aromatic rings. The molecule has 6 nitrogen and oxygen atoms in total. The van der Waals surface area contributed by atoms with Gasteiger partial charge in [-0.1, -0.05) is 0 Å². The number of nitrogens with zero attached hydrogens (tertiary/aromatic N) is 2. The maximum absolute atomic E-state index is 11.9. The van der Waals surface area contributed by atoms with Crippen molar-refractivity contribution in [2.75, 3.05) is 26.7 Å². The molecule has 0 aromatic carbocycles. The summed E-state index contributed by atoms with van der Waals surface area (Å²) in [5.74, 6) is -0.877. The lowest BCUT2D eigenvalue weighted by molar-refractivity contribution is -0.137. The largest absolute Gasteiger partial charge is 0.481 e. The Labute approximate surface area is 107 Å². The molecule has 0 bridgehead atoms. The molecule has 2 rings (SSSR count). The van der Waals surface area contributed by atoms with E-state index in [1.807, 2.05) is 0 Å². The third-order valence-corrected chi connectivity index (χ3v) is 3.92. The van der Waals surface area contributed by atoms with Crippen LogP contribution in [0.25, 0.3) is 0 Å². The molecule has 0 spiro atoms. The number of nitrogens with one attached hydrogen (secondary N) is 1. The second-order valence-electron chi connectivity index (χ2n) is 5.16. The van der Waals surface area contributed by atoms with Crippen molar-refractivity contribution in [1.82, 2.24) is 15.1 Å². The highest BCUT2D eigenvalue weighted by Crippen LogP contribution is 2.27. The highest BCUT2D eigenvalue weighted by atomic mass is 16.4. The van der Waals surface area contributed by atoms with Gasteiger partial charge in [-0.05, 0) is 25.8 Å². The summed E-state index contributed by atoms with van der Waals surface area (Å²) >= 11 is 0. The van der Waals surface area contributed by atoms with E-state index >= 15 is 0 Å². The summed E-state index contributed by atoms with van der Waals surface area (Å²) in [6.45, 7) is 2.46. The normalized spacial score (nSPS) is 26.9. The molecule has 102 valence electrons. The van der Waals surface area contributed by atoms with E-state index in [1.54, 1.807) is 7.05 Å². The van der Waals surface area contributed by atoms with E-state index in [0.29, 0.717) is 6.04 Å². The average Bonchev–Trinajstić information content (AvgIpc) is 2.90. The fraction of sp³-hybridized carbons (Fsp3) is 0.833. The zero-order valence-corrected chi connectivity index (χ0v) is 10.8. The molecule has 2 fully saturated rings. The molecule has 2 amide bonds. The summed E-state index contributed by atoms with van der Waals surface area (Å²) in [6, 6.07) is 0.559. The Kier molecular flexibility index (Phi) is 4.06. The van der Waals surface area contributed by atoms with Gasteiger partial charge in [-0.3, -0.25) is 9.69 Å². The maximum Gasteiger partial charge on any atom is 0.317 e. The minimum Gasteiger partial charge on any atom is -0.481 e. The Morgan fingerprint density at radius 1 is 1.39 bits per heavy atom. The van der Waals surface area contributed by atoms with Gasteiger partial charge in [0.15, 0.2) is 0 Å². The second-order valence-corrected chi connectivity index (χ2v) is 5.16. The molecule has 0 saturated carbocycles. The Morgan fingerprint density at radius 3 is 2.89 bits per heavy atom. The zero-order chi connectivity index (χ0) is 13.1. The SMILES string of the molecule is CN(CCC(=O)O)C(=O)NC1CCN2CCCC12. The number of hydrogen-bond acceptors (Lipinski definition) is 3. The molecule has 2 saturated heterocycles. The number of urea groups is 1. The lowest BCUT2D eigenvalue weighted by Gasteiger charge is -2.24. The summed E-state index contributed by atoms with van der Waals surface area (Å²) in [4.78, 5) is 26.2. The van der Waals surface area contributed by atoms with Crippen molar-refractivity contribution in [3.63, 3.8) is 0 Å². The van der Waals surface area contributed by atoms with E-state index in [4.69, 9.17) is 5.11 Å². The molecule has 0 radical (unpaired) electrons. The van der Waals surface area contributed by atoms with Crippen LogP contribution >= 0.6 is 0 Å². The molecule has 0 aliphatic carbocycles. The van der Waals surface area contributed by atoms with E-state index < -0.39 is 5.97 Å². The van der Waals surface area contributed by atoms with Gasteiger partial charge in [0.05, 0.1) is 6.42 Å². The Balaban J connectivity index is 1.78. The van der Waals surface area contributed by atoms with Gasteiger partial charge in [-0.15, -0.1) is 0 Å². The fourth-order valence-electron chi connectivity index (χ4n) is 2.88. The monoisotopic (exact) mass is 255 g/mol. The average molecular weight is 255 g/mol. The molecular weight excluding hydrogens is 234 g/mol. The molecule has 18 heavy (non-hydrogen) atoms. The van der Waals surface area contributed by atoms with Crippen molar-refractivity contribution in [2.24, 2.45) is 0 Å². The van der Waals surface area contributed by atoms with Crippen LogP contribution in [0, 0.1) is 0 Å². The number of aliphatic carboxylic acids is 1. The number of rotatable bonds is 4. The van der Waals surface area contributed by atoms with Gasteiger partial charge in [0, 0.05) is 32.2 Å². The topological polar surface area (TPSA) is 72.9 Å². The van der Waals surface area contributed by atoms with Gasteiger partial charge >= 0.3 is 12.0 Å². The van der Waals surface area contributed by atoms with E-state index in [0.717, 1.165) is 25.9 Å². The molecule has 0 aromatic heterocycles. The molecular formula is C12H21N3O3. The number of hydrogen-bond donors (Lipinski definition) is 2. The predicted octanol–water partition coefficient (Wildman–Crippen LogP) is 0.339. The maximum atomic E-state index is 11.9. The van der Waals surface area contributed by atoms with Gasteiger partial charge in [0.2, 0.25) is 0 Å². The Hall–Kier alpha value is -1.30. The third-order valence-electron chi connectivity index (χ3n) is 3.92. The molecule has 2 unspecified atom stereocenters. The minimum atomic E-state index is -0.877. The zero-order valence-electron chi connectivity index (χ0n) is 10.8. The van der Waals surface area contributed by atoms with Crippen molar-refractivity contribution < 1.29 is 14.7 Å². The summed E-state index contributed by atoms with van der Waals surface area (Å²) < 4.78 is 0. The van der Waals surface area contributed by atoms with Gasteiger partial charge in [-0.25, -0.2) is 4.79 Å². The van der Waals surface area contributed by atoms with E-state index in [2.05, 4.69) is 10.2 Å².